The highest BCUT2D eigenvalue weighted by atomic mass is 31.2. The number of carbonyl (C=O) groups is 3. The molecule has 5 unspecified atom stereocenters. The van der Waals surface area contributed by atoms with Crippen molar-refractivity contribution in [2.75, 3.05) is 39.6 Å². The highest BCUT2D eigenvalue weighted by molar-refractivity contribution is 7.47. The second-order valence-corrected chi connectivity index (χ2v) is 31.2. The van der Waals surface area contributed by atoms with E-state index in [0.29, 0.717) is 19.3 Å². The number of phosphoric acid groups is 2. The van der Waals surface area contributed by atoms with Crippen LogP contribution in [-0.4, -0.2) is 95.9 Å². The second kappa shape index (κ2) is 81.2. The lowest BCUT2D eigenvalue weighted by Crippen LogP contribution is -2.30. The maximum atomic E-state index is 12.9. The Balaban J connectivity index is 4.35. The Hall–Kier alpha value is -4.31. The van der Waals surface area contributed by atoms with Crippen LogP contribution in [0.4, 0.5) is 0 Å². The predicted molar refractivity (Wildman–Crippen MR) is 445 cm³/mol. The standard InChI is InChI=1S/C89H154O16P2/c1-4-7-10-13-16-19-22-24-26-28-30-32-34-36-37-38-39-40-41-42-43-44-45-47-49-50-52-54-56-58-61-63-66-69-72-75-87(92)99-78-84(90)79-101-106(95,96)102-80-85(91)81-103-107(97,98)104-83-86(105-89(94)77-74-71-68-65-60-21-18-15-12-9-6-3)82-100-88(93)76-73-70-67-64-62-59-57-55-53-51-48-46-35-33-31-29-27-25-23-20-17-14-11-8-5-2/h7,10,15-20,24-27,30-33,36-37,39-40,46,48,84-86,90-91H,4-6,8-9,11-14,21-23,28-29,34-35,38,41-45,47,49-83H2,1-3H3,(H,95,96)(H,97,98)/b10-7-,18-15-,19-16-,20-17-,26-24-,27-25-,32-30-,33-31-,37-36-,40-39-,48-46-. The first kappa shape index (κ1) is 103. The maximum absolute atomic E-state index is 12.9. The molecule has 107 heavy (non-hydrogen) atoms. The van der Waals surface area contributed by atoms with E-state index in [4.69, 9.17) is 32.3 Å². The zero-order chi connectivity index (χ0) is 78.0. The SMILES string of the molecule is CC/C=C\C/C=C\C/C=C\C/C=C\C/C=C\C/C=C\CCCCCCCCCCCCCCCCCCC(=O)OCC(O)COP(=O)(O)OCC(O)COP(=O)(O)OCC(COC(=O)CCCCCCCCCCC/C=C\C/C=C\C/C=C\C/C=C\CCCCC)OC(=O)CCCCCCC/C=C\CCCC. The van der Waals surface area contributed by atoms with Crippen LogP contribution in [0.15, 0.2) is 134 Å². The van der Waals surface area contributed by atoms with Gasteiger partial charge in [-0.3, -0.25) is 32.5 Å². The van der Waals surface area contributed by atoms with Gasteiger partial charge in [0, 0.05) is 19.3 Å². The molecule has 616 valence electrons. The van der Waals surface area contributed by atoms with Crippen LogP contribution in [0.1, 0.15) is 355 Å². The van der Waals surface area contributed by atoms with Gasteiger partial charge in [0.05, 0.1) is 26.4 Å². The van der Waals surface area contributed by atoms with E-state index in [2.05, 4.69) is 154 Å². The number of ether oxygens (including phenoxy) is 3. The van der Waals surface area contributed by atoms with E-state index in [1.54, 1.807) is 0 Å². The van der Waals surface area contributed by atoms with Crippen LogP contribution >= 0.6 is 15.6 Å². The molecule has 16 nitrogen and oxygen atoms in total. The summed E-state index contributed by atoms with van der Waals surface area (Å²) in [5, 5.41) is 20.7. The van der Waals surface area contributed by atoms with Gasteiger partial charge in [0.15, 0.2) is 6.10 Å². The third-order valence-electron chi connectivity index (χ3n) is 17.8. The highest BCUT2D eigenvalue weighted by Crippen LogP contribution is 2.45. The zero-order valence-electron chi connectivity index (χ0n) is 67.5. The van der Waals surface area contributed by atoms with Crippen molar-refractivity contribution in [2.24, 2.45) is 0 Å². The number of carbonyl (C=O) groups excluding carboxylic acids is 3. The van der Waals surface area contributed by atoms with Gasteiger partial charge in [-0.15, -0.1) is 0 Å². The maximum Gasteiger partial charge on any atom is 0.472 e. The lowest BCUT2D eigenvalue weighted by molar-refractivity contribution is -0.161. The van der Waals surface area contributed by atoms with Crippen molar-refractivity contribution in [3.8, 4) is 0 Å². The molecule has 0 saturated carbocycles. The van der Waals surface area contributed by atoms with E-state index in [1.165, 1.54) is 148 Å². The smallest absolute Gasteiger partial charge is 0.463 e. The van der Waals surface area contributed by atoms with Gasteiger partial charge >= 0.3 is 33.6 Å². The molecule has 0 aliphatic heterocycles. The minimum Gasteiger partial charge on any atom is -0.463 e. The Morgan fingerprint density at radius 1 is 0.271 bits per heavy atom. The fourth-order valence-corrected chi connectivity index (χ4v) is 12.9. The average Bonchev–Trinajstić information content (AvgIpc) is 0.903. The Morgan fingerprint density at radius 2 is 0.505 bits per heavy atom. The summed E-state index contributed by atoms with van der Waals surface area (Å²) in [6, 6.07) is 0. The van der Waals surface area contributed by atoms with Crippen molar-refractivity contribution in [1.29, 1.82) is 0 Å². The molecule has 0 aromatic carbocycles. The molecule has 0 bridgehead atoms. The normalized spacial score (nSPS) is 14.6. The highest BCUT2D eigenvalue weighted by Gasteiger charge is 2.29. The Morgan fingerprint density at radius 3 is 0.822 bits per heavy atom. The number of phosphoric ester groups is 2. The van der Waals surface area contributed by atoms with Crippen LogP contribution < -0.4 is 0 Å². The first-order chi connectivity index (χ1) is 52.2. The largest absolute Gasteiger partial charge is 0.472 e. The van der Waals surface area contributed by atoms with Gasteiger partial charge < -0.3 is 34.2 Å². The molecule has 0 aliphatic rings. The van der Waals surface area contributed by atoms with Crippen LogP contribution in [0.2, 0.25) is 0 Å². The molecule has 0 radical (unpaired) electrons. The summed E-state index contributed by atoms with van der Waals surface area (Å²) in [5.74, 6) is -1.58. The Bertz CT molecular complexity index is 2480. The topological polar surface area (TPSA) is 231 Å². The van der Waals surface area contributed by atoms with Gasteiger partial charge in [-0.25, -0.2) is 9.13 Å². The summed E-state index contributed by atoms with van der Waals surface area (Å²) in [6.45, 7) is 2.51. The van der Waals surface area contributed by atoms with Crippen LogP contribution in [0, 0.1) is 0 Å². The lowest BCUT2D eigenvalue weighted by Gasteiger charge is -2.21. The first-order valence-corrected chi connectivity index (χ1v) is 45.5. The number of allylic oxidation sites excluding steroid dienone is 22. The van der Waals surface area contributed by atoms with Crippen LogP contribution in [-0.2, 0) is 55.8 Å². The minimum atomic E-state index is -4.93. The summed E-state index contributed by atoms with van der Waals surface area (Å²) in [4.78, 5) is 58.6. The summed E-state index contributed by atoms with van der Waals surface area (Å²) in [6.07, 6.45) is 99.6. The van der Waals surface area contributed by atoms with Crippen LogP contribution in [0.3, 0.4) is 0 Å². The molecule has 0 spiro atoms. The number of hydrogen-bond donors (Lipinski definition) is 4. The van der Waals surface area contributed by atoms with Crippen molar-refractivity contribution >= 4 is 33.6 Å². The monoisotopic (exact) mass is 1540 g/mol. The molecule has 0 saturated heterocycles. The van der Waals surface area contributed by atoms with E-state index in [1.807, 2.05) is 0 Å². The van der Waals surface area contributed by atoms with Crippen molar-refractivity contribution < 1.29 is 75.8 Å². The predicted octanol–water partition coefficient (Wildman–Crippen LogP) is 25.4. The average molecular weight is 1540 g/mol. The molecule has 4 N–H and O–H groups in total. The Labute approximate surface area is 652 Å². The van der Waals surface area contributed by atoms with Gasteiger partial charge in [-0.1, -0.05) is 334 Å². The molecule has 0 heterocycles. The van der Waals surface area contributed by atoms with Crippen LogP contribution in [0.5, 0.6) is 0 Å². The second-order valence-electron chi connectivity index (χ2n) is 28.2. The van der Waals surface area contributed by atoms with Crippen molar-refractivity contribution in [3.05, 3.63) is 134 Å². The van der Waals surface area contributed by atoms with E-state index >= 15 is 0 Å². The van der Waals surface area contributed by atoms with E-state index < -0.39 is 91.5 Å². The fourth-order valence-electron chi connectivity index (χ4n) is 11.4. The lowest BCUT2D eigenvalue weighted by atomic mass is 10.0. The van der Waals surface area contributed by atoms with Crippen LogP contribution in [0.25, 0.3) is 0 Å². The quantitative estimate of drug-likeness (QED) is 0.0146. The Kier molecular flexibility index (Phi) is 77.9. The fraction of sp³-hybridized carbons (Fsp3) is 0.719. The minimum absolute atomic E-state index is 0.0919. The number of unbranched alkanes of at least 4 members (excludes halogenated alkanes) is 35. The molecule has 0 amide bonds. The first-order valence-electron chi connectivity index (χ1n) is 42.5. The van der Waals surface area contributed by atoms with Gasteiger partial charge in [0.2, 0.25) is 0 Å². The number of esters is 3. The van der Waals surface area contributed by atoms with E-state index in [-0.39, 0.29) is 19.3 Å². The molecule has 5 atom stereocenters. The molecular formula is C89H154O16P2. The summed E-state index contributed by atoms with van der Waals surface area (Å²) < 4.78 is 61.1. The molecule has 0 aromatic rings. The molecule has 0 fully saturated rings. The van der Waals surface area contributed by atoms with E-state index in [0.717, 1.165) is 148 Å². The van der Waals surface area contributed by atoms with Gasteiger partial charge in [-0.2, -0.15) is 0 Å². The number of aliphatic hydroxyl groups excluding tert-OH is 2. The number of aliphatic hydroxyl groups is 2. The van der Waals surface area contributed by atoms with Crippen molar-refractivity contribution in [3.63, 3.8) is 0 Å². The van der Waals surface area contributed by atoms with Crippen molar-refractivity contribution in [1.82, 2.24) is 0 Å². The molecule has 0 aliphatic carbocycles. The number of hydrogen-bond acceptors (Lipinski definition) is 14. The van der Waals surface area contributed by atoms with E-state index in [9.17, 15) is 43.5 Å². The third kappa shape index (κ3) is 82.5. The molecule has 0 rings (SSSR count). The summed E-state index contributed by atoms with van der Waals surface area (Å²) in [5.41, 5.74) is 0. The third-order valence-corrected chi connectivity index (χ3v) is 19.7. The molecular weight excluding hydrogens is 1390 g/mol. The van der Waals surface area contributed by atoms with Gasteiger partial charge in [-0.05, 0) is 135 Å². The van der Waals surface area contributed by atoms with Gasteiger partial charge in [0.1, 0.15) is 25.4 Å². The molecule has 0 aromatic heterocycles. The summed E-state index contributed by atoms with van der Waals surface area (Å²) >= 11 is 0. The van der Waals surface area contributed by atoms with Gasteiger partial charge in [0.25, 0.3) is 0 Å². The van der Waals surface area contributed by atoms with Crippen molar-refractivity contribution in [2.45, 2.75) is 373 Å². The summed E-state index contributed by atoms with van der Waals surface area (Å²) in [7, 11) is -9.79. The molecule has 18 heteroatoms. The zero-order valence-corrected chi connectivity index (χ0v) is 69.3. The number of rotatable bonds is 80.